The third kappa shape index (κ3) is 6.81. The van der Waals surface area contributed by atoms with Gasteiger partial charge in [0, 0.05) is 12.8 Å². The minimum Gasteiger partial charge on any atom is -0.373 e. The molecule has 0 fully saturated rings. The quantitative estimate of drug-likeness (QED) is 0.409. The molecule has 5 heteroatoms. The summed E-state index contributed by atoms with van der Waals surface area (Å²) in [6.45, 7) is 2.38. The van der Waals surface area contributed by atoms with E-state index in [2.05, 4.69) is 27.3 Å². The molecule has 0 aliphatic heterocycles. The molecule has 98 valence electrons. The van der Waals surface area contributed by atoms with E-state index in [1.807, 2.05) is 6.20 Å². The van der Waals surface area contributed by atoms with Crippen LogP contribution in [0.25, 0.3) is 0 Å². The van der Waals surface area contributed by atoms with Gasteiger partial charge < -0.3 is 4.74 Å². The van der Waals surface area contributed by atoms with Crippen LogP contribution in [0.4, 0.5) is 0 Å². The average molecular weight is 249 g/mol. The summed E-state index contributed by atoms with van der Waals surface area (Å²) in [5.41, 5.74) is 1.01. The van der Waals surface area contributed by atoms with Gasteiger partial charge in [-0.1, -0.05) is 24.0 Å². The summed E-state index contributed by atoms with van der Waals surface area (Å²) in [5, 5.41) is 10.3. The lowest BCUT2D eigenvalue weighted by molar-refractivity contribution is -0.118. The lowest BCUT2D eigenvalue weighted by atomic mass is 10.1. The van der Waals surface area contributed by atoms with Crippen molar-refractivity contribution in [2.75, 3.05) is 13.2 Å². The zero-order valence-corrected chi connectivity index (χ0v) is 10.7. The van der Waals surface area contributed by atoms with Crippen LogP contribution < -0.4 is 0 Å². The molecule has 5 nitrogen and oxygen atoms in total. The summed E-state index contributed by atoms with van der Waals surface area (Å²) in [6, 6.07) is 0. The van der Waals surface area contributed by atoms with Crippen LogP contribution in [0.5, 0.6) is 0 Å². The molecule has 1 rings (SSSR count). The second kappa shape index (κ2) is 9.37. The van der Waals surface area contributed by atoms with Crippen LogP contribution in [-0.4, -0.2) is 34.4 Å². The lowest BCUT2D eigenvalue weighted by Crippen LogP contribution is -2.06. The number of Topliss-reactive ketones (excluding diaryl/α,β-unsaturated/α-hetero) is 1. The maximum absolute atomic E-state index is 11.0. The Morgan fingerprint density at radius 2 is 2.22 bits per heavy atom. The van der Waals surface area contributed by atoms with Gasteiger partial charge in [-0.3, -0.25) is 9.89 Å². The van der Waals surface area contributed by atoms with Crippen LogP contribution in [0.1, 0.15) is 38.3 Å². The smallest absolute Gasteiger partial charge is 0.231 e. The van der Waals surface area contributed by atoms with Gasteiger partial charge in [0.15, 0.2) is 0 Å². The van der Waals surface area contributed by atoms with E-state index in [1.165, 1.54) is 0 Å². The fourth-order valence-electron chi connectivity index (χ4n) is 1.55. The Bertz CT molecular complexity index is 390. The van der Waals surface area contributed by atoms with Crippen molar-refractivity contribution in [3.05, 3.63) is 11.9 Å². The standard InChI is InChI=1S/C13H19N3O2/c1-2-7-13(17)11-18-9-6-4-3-5-8-12-10-14-16-15-12/h10H,3-6,8-9,11H2,1H3,(H,14,15,16). The molecule has 0 atom stereocenters. The van der Waals surface area contributed by atoms with E-state index in [1.54, 1.807) is 6.92 Å². The number of aryl methyl sites for hydroxylation is 1. The first kappa shape index (κ1) is 14.4. The number of hydrogen-bond acceptors (Lipinski definition) is 4. The van der Waals surface area contributed by atoms with E-state index in [0.717, 1.165) is 37.8 Å². The summed E-state index contributed by atoms with van der Waals surface area (Å²) in [7, 11) is 0. The maximum atomic E-state index is 11.0. The normalized spacial score (nSPS) is 9.83. The first-order chi connectivity index (χ1) is 8.83. The van der Waals surface area contributed by atoms with Crippen LogP contribution in [0.2, 0.25) is 0 Å². The molecular weight excluding hydrogens is 230 g/mol. The van der Waals surface area contributed by atoms with E-state index >= 15 is 0 Å². The monoisotopic (exact) mass is 249 g/mol. The number of aromatic nitrogens is 3. The molecule has 0 bridgehead atoms. The fourth-order valence-corrected chi connectivity index (χ4v) is 1.55. The van der Waals surface area contributed by atoms with Gasteiger partial charge in [0.05, 0.1) is 5.69 Å². The van der Waals surface area contributed by atoms with E-state index in [-0.39, 0.29) is 12.4 Å². The number of hydrogen-bond donors (Lipinski definition) is 1. The number of ether oxygens (including phenoxy) is 1. The van der Waals surface area contributed by atoms with Gasteiger partial charge in [-0.05, 0) is 32.1 Å². The van der Waals surface area contributed by atoms with Crippen molar-refractivity contribution in [3.63, 3.8) is 0 Å². The predicted molar refractivity (Wildman–Crippen MR) is 67.8 cm³/mol. The lowest BCUT2D eigenvalue weighted by Gasteiger charge is -2.01. The highest BCUT2D eigenvalue weighted by Gasteiger charge is 1.98. The summed E-state index contributed by atoms with van der Waals surface area (Å²) < 4.78 is 5.22. The number of rotatable bonds is 9. The number of unbranched alkanes of at least 4 members (excludes halogenated alkanes) is 3. The van der Waals surface area contributed by atoms with Crippen LogP contribution in [-0.2, 0) is 16.0 Å². The van der Waals surface area contributed by atoms with Gasteiger partial charge in [-0.2, -0.15) is 0 Å². The predicted octanol–water partition coefficient (Wildman–Crippen LogP) is 1.52. The van der Waals surface area contributed by atoms with Crippen molar-refractivity contribution in [2.24, 2.45) is 0 Å². The minimum atomic E-state index is -0.150. The number of ketones is 1. The second-order valence-electron chi connectivity index (χ2n) is 3.98. The molecule has 0 spiro atoms. The average Bonchev–Trinajstić information content (AvgIpc) is 2.86. The van der Waals surface area contributed by atoms with Gasteiger partial charge in [0.25, 0.3) is 0 Å². The molecule has 0 saturated carbocycles. The van der Waals surface area contributed by atoms with Crippen molar-refractivity contribution < 1.29 is 9.53 Å². The van der Waals surface area contributed by atoms with Gasteiger partial charge in [0.1, 0.15) is 6.61 Å². The summed E-state index contributed by atoms with van der Waals surface area (Å²) >= 11 is 0. The summed E-state index contributed by atoms with van der Waals surface area (Å²) in [4.78, 5) is 11.0. The molecule has 0 saturated heterocycles. The topological polar surface area (TPSA) is 67.9 Å². The number of nitrogens with zero attached hydrogens (tertiary/aromatic N) is 2. The van der Waals surface area contributed by atoms with Gasteiger partial charge in [0.2, 0.25) is 5.78 Å². The molecular formula is C13H19N3O2. The Morgan fingerprint density at radius 3 is 2.94 bits per heavy atom. The number of aromatic amines is 1. The second-order valence-corrected chi connectivity index (χ2v) is 3.98. The van der Waals surface area contributed by atoms with Gasteiger partial charge in [-0.25, -0.2) is 0 Å². The highest BCUT2D eigenvalue weighted by atomic mass is 16.5. The van der Waals surface area contributed by atoms with E-state index in [9.17, 15) is 4.79 Å². The molecule has 1 aromatic heterocycles. The van der Waals surface area contributed by atoms with Gasteiger partial charge >= 0.3 is 0 Å². The Balaban J connectivity index is 1.86. The van der Waals surface area contributed by atoms with Crippen molar-refractivity contribution in [3.8, 4) is 11.8 Å². The zero-order chi connectivity index (χ0) is 13.1. The Hall–Kier alpha value is -1.67. The molecule has 0 aromatic carbocycles. The highest BCUT2D eigenvalue weighted by molar-refractivity contribution is 5.96. The molecule has 0 unspecified atom stereocenters. The summed E-state index contributed by atoms with van der Waals surface area (Å²) in [6.07, 6.45) is 7.11. The summed E-state index contributed by atoms with van der Waals surface area (Å²) in [5.74, 6) is 4.85. The van der Waals surface area contributed by atoms with Crippen molar-refractivity contribution in [1.82, 2.24) is 15.4 Å². The van der Waals surface area contributed by atoms with E-state index < -0.39 is 0 Å². The van der Waals surface area contributed by atoms with Crippen molar-refractivity contribution >= 4 is 5.78 Å². The van der Waals surface area contributed by atoms with Gasteiger partial charge in [-0.15, -0.1) is 5.10 Å². The molecule has 1 heterocycles. The molecule has 1 aromatic rings. The first-order valence-electron chi connectivity index (χ1n) is 6.21. The van der Waals surface area contributed by atoms with Crippen molar-refractivity contribution in [1.29, 1.82) is 0 Å². The molecule has 0 aliphatic rings. The third-order valence-electron chi connectivity index (χ3n) is 2.44. The van der Waals surface area contributed by atoms with Crippen molar-refractivity contribution in [2.45, 2.75) is 39.0 Å². The first-order valence-corrected chi connectivity index (χ1v) is 6.21. The molecule has 0 aliphatic carbocycles. The Labute approximate surface area is 107 Å². The molecule has 1 N–H and O–H groups in total. The number of nitrogens with one attached hydrogen (secondary N) is 1. The third-order valence-corrected chi connectivity index (χ3v) is 2.44. The van der Waals surface area contributed by atoms with Crippen LogP contribution >= 0.6 is 0 Å². The Morgan fingerprint density at radius 1 is 1.39 bits per heavy atom. The molecule has 18 heavy (non-hydrogen) atoms. The highest BCUT2D eigenvalue weighted by Crippen LogP contribution is 2.04. The maximum Gasteiger partial charge on any atom is 0.231 e. The number of H-pyrrole nitrogens is 1. The van der Waals surface area contributed by atoms with E-state index in [4.69, 9.17) is 4.74 Å². The molecule has 0 radical (unpaired) electrons. The van der Waals surface area contributed by atoms with E-state index in [0.29, 0.717) is 6.61 Å². The number of carbonyl (C=O) groups is 1. The fraction of sp³-hybridized carbons (Fsp3) is 0.615. The zero-order valence-electron chi connectivity index (χ0n) is 10.7. The number of carbonyl (C=O) groups excluding carboxylic acids is 1. The van der Waals surface area contributed by atoms with Crippen LogP contribution in [0.3, 0.4) is 0 Å². The molecule has 0 amide bonds. The SMILES string of the molecule is CC#CC(=O)COCCCCCCc1c[nH]nn1. The minimum absolute atomic E-state index is 0.111. The largest absolute Gasteiger partial charge is 0.373 e. The van der Waals surface area contributed by atoms with Crippen LogP contribution in [0.15, 0.2) is 6.20 Å². The Kier molecular flexibility index (Phi) is 7.49. The van der Waals surface area contributed by atoms with Crippen LogP contribution in [0, 0.1) is 11.8 Å².